The van der Waals surface area contributed by atoms with Gasteiger partial charge in [-0.25, -0.2) is 0 Å². The van der Waals surface area contributed by atoms with Crippen LogP contribution in [0.2, 0.25) is 0 Å². The standard InChI is InChI=1S/C16H18N2O/c19-16(15-11-12-17-18-15,13-7-3-1-4-8-13)14-9-5-2-6-10-14/h1-10,15,17-19H,11-12H2. The van der Waals surface area contributed by atoms with Gasteiger partial charge in [0.15, 0.2) is 0 Å². The maximum Gasteiger partial charge on any atom is 0.131 e. The molecule has 3 nitrogen and oxygen atoms in total. The zero-order valence-corrected chi connectivity index (χ0v) is 10.7. The Morgan fingerprint density at radius 2 is 1.42 bits per heavy atom. The number of benzene rings is 2. The molecule has 98 valence electrons. The quantitative estimate of drug-likeness (QED) is 0.782. The molecule has 1 aliphatic rings. The summed E-state index contributed by atoms with van der Waals surface area (Å²) in [5, 5.41) is 11.4. The molecule has 0 saturated carbocycles. The molecule has 19 heavy (non-hydrogen) atoms. The van der Waals surface area contributed by atoms with Crippen LogP contribution in [0.5, 0.6) is 0 Å². The number of nitrogens with one attached hydrogen (secondary N) is 2. The van der Waals surface area contributed by atoms with Crippen molar-refractivity contribution in [1.29, 1.82) is 0 Å². The van der Waals surface area contributed by atoms with E-state index in [2.05, 4.69) is 10.9 Å². The lowest BCUT2D eigenvalue weighted by Crippen LogP contribution is -2.48. The van der Waals surface area contributed by atoms with E-state index < -0.39 is 5.60 Å². The van der Waals surface area contributed by atoms with Gasteiger partial charge in [0.25, 0.3) is 0 Å². The van der Waals surface area contributed by atoms with Crippen LogP contribution >= 0.6 is 0 Å². The predicted octanol–water partition coefficient (Wildman–Crippen LogP) is 1.79. The SMILES string of the molecule is OC(c1ccccc1)(c1ccccc1)C1CCNN1. The smallest absolute Gasteiger partial charge is 0.131 e. The van der Waals surface area contributed by atoms with E-state index in [1.54, 1.807) is 0 Å². The van der Waals surface area contributed by atoms with Crippen LogP contribution in [-0.2, 0) is 5.60 Å². The minimum Gasteiger partial charge on any atom is -0.379 e. The fourth-order valence-electron chi connectivity index (χ4n) is 2.75. The fourth-order valence-corrected chi connectivity index (χ4v) is 2.75. The number of aliphatic hydroxyl groups is 1. The maximum atomic E-state index is 11.4. The Morgan fingerprint density at radius 3 is 1.84 bits per heavy atom. The summed E-state index contributed by atoms with van der Waals surface area (Å²) in [4.78, 5) is 0. The molecule has 1 aliphatic heterocycles. The summed E-state index contributed by atoms with van der Waals surface area (Å²) in [5.74, 6) is 0. The van der Waals surface area contributed by atoms with Crippen molar-refractivity contribution in [2.24, 2.45) is 0 Å². The van der Waals surface area contributed by atoms with Crippen LogP contribution in [0.4, 0.5) is 0 Å². The molecule has 0 aliphatic carbocycles. The highest BCUT2D eigenvalue weighted by atomic mass is 16.3. The van der Waals surface area contributed by atoms with E-state index in [0.29, 0.717) is 0 Å². The van der Waals surface area contributed by atoms with Crippen molar-refractivity contribution in [2.75, 3.05) is 6.54 Å². The normalized spacial score (nSPS) is 19.5. The Balaban J connectivity index is 2.10. The van der Waals surface area contributed by atoms with Crippen molar-refractivity contribution in [3.05, 3.63) is 71.8 Å². The van der Waals surface area contributed by atoms with E-state index in [-0.39, 0.29) is 6.04 Å². The van der Waals surface area contributed by atoms with Crippen LogP contribution in [0.1, 0.15) is 17.5 Å². The average Bonchev–Trinajstić information content (AvgIpc) is 3.03. The van der Waals surface area contributed by atoms with Crippen molar-refractivity contribution < 1.29 is 5.11 Å². The third kappa shape index (κ3) is 2.16. The molecular formula is C16H18N2O. The van der Waals surface area contributed by atoms with Gasteiger partial charge < -0.3 is 5.11 Å². The lowest BCUT2D eigenvalue weighted by Gasteiger charge is -2.34. The molecule has 2 aromatic carbocycles. The zero-order valence-electron chi connectivity index (χ0n) is 10.7. The van der Waals surface area contributed by atoms with Crippen molar-refractivity contribution >= 4 is 0 Å². The Morgan fingerprint density at radius 1 is 0.895 bits per heavy atom. The van der Waals surface area contributed by atoms with Crippen molar-refractivity contribution in [3.8, 4) is 0 Å². The van der Waals surface area contributed by atoms with Crippen LogP contribution < -0.4 is 10.9 Å². The molecule has 1 fully saturated rings. The van der Waals surface area contributed by atoms with Gasteiger partial charge in [0.1, 0.15) is 5.60 Å². The summed E-state index contributed by atoms with van der Waals surface area (Å²) in [6, 6.07) is 19.7. The van der Waals surface area contributed by atoms with Gasteiger partial charge in [-0.15, -0.1) is 0 Å². The first-order valence-corrected chi connectivity index (χ1v) is 6.63. The number of hydrazine groups is 1. The summed E-state index contributed by atoms with van der Waals surface area (Å²) in [6.45, 7) is 0.868. The van der Waals surface area contributed by atoms with Gasteiger partial charge in [0.2, 0.25) is 0 Å². The van der Waals surface area contributed by atoms with E-state index in [1.165, 1.54) is 0 Å². The van der Waals surface area contributed by atoms with Crippen molar-refractivity contribution in [3.63, 3.8) is 0 Å². The maximum absolute atomic E-state index is 11.4. The molecule has 1 atom stereocenters. The third-order valence-electron chi connectivity index (χ3n) is 3.77. The molecule has 3 N–H and O–H groups in total. The zero-order chi connectivity index (χ0) is 13.1. The Bertz CT molecular complexity index is 481. The minimum atomic E-state index is -1.01. The van der Waals surface area contributed by atoms with E-state index >= 15 is 0 Å². The highest BCUT2D eigenvalue weighted by Crippen LogP contribution is 2.34. The van der Waals surface area contributed by atoms with Crippen molar-refractivity contribution in [2.45, 2.75) is 18.1 Å². The van der Waals surface area contributed by atoms with E-state index in [4.69, 9.17) is 0 Å². The molecule has 0 aromatic heterocycles. The van der Waals surface area contributed by atoms with E-state index in [0.717, 1.165) is 24.1 Å². The molecular weight excluding hydrogens is 236 g/mol. The summed E-state index contributed by atoms with van der Waals surface area (Å²) in [6.07, 6.45) is 0.889. The molecule has 0 bridgehead atoms. The van der Waals surface area contributed by atoms with Gasteiger partial charge >= 0.3 is 0 Å². The molecule has 3 heteroatoms. The second-order valence-electron chi connectivity index (χ2n) is 4.91. The highest BCUT2D eigenvalue weighted by molar-refractivity contribution is 5.38. The second kappa shape index (κ2) is 5.13. The van der Waals surface area contributed by atoms with Gasteiger partial charge in [-0.1, -0.05) is 60.7 Å². The van der Waals surface area contributed by atoms with Crippen LogP contribution in [-0.4, -0.2) is 17.7 Å². The van der Waals surface area contributed by atoms with Gasteiger partial charge in [-0.2, -0.15) is 0 Å². The Hall–Kier alpha value is -1.68. The van der Waals surface area contributed by atoms with Crippen LogP contribution in [0.15, 0.2) is 60.7 Å². The lowest BCUT2D eigenvalue weighted by atomic mass is 9.79. The predicted molar refractivity (Wildman–Crippen MR) is 75.4 cm³/mol. The van der Waals surface area contributed by atoms with Gasteiger partial charge in [0.05, 0.1) is 6.04 Å². The topological polar surface area (TPSA) is 44.3 Å². The molecule has 2 aromatic rings. The van der Waals surface area contributed by atoms with Gasteiger partial charge in [0, 0.05) is 6.54 Å². The molecule has 3 rings (SSSR count). The largest absolute Gasteiger partial charge is 0.379 e. The molecule has 0 radical (unpaired) electrons. The number of hydrogen-bond donors (Lipinski definition) is 3. The molecule has 0 amide bonds. The summed E-state index contributed by atoms with van der Waals surface area (Å²) in [5.41, 5.74) is 7.13. The summed E-state index contributed by atoms with van der Waals surface area (Å²) in [7, 11) is 0. The third-order valence-corrected chi connectivity index (χ3v) is 3.77. The van der Waals surface area contributed by atoms with Crippen molar-refractivity contribution in [1.82, 2.24) is 10.9 Å². The monoisotopic (exact) mass is 254 g/mol. The Kier molecular flexibility index (Phi) is 3.34. The summed E-state index contributed by atoms with van der Waals surface area (Å²) < 4.78 is 0. The fraction of sp³-hybridized carbons (Fsp3) is 0.250. The highest BCUT2D eigenvalue weighted by Gasteiger charge is 2.41. The second-order valence-corrected chi connectivity index (χ2v) is 4.91. The summed E-state index contributed by atoms with van der Waals surface area (Å²) >= 11 is 0. The molecule has 0 spiro atoms. The first-order valence-electron chi connectivity index (χ1n) is 6.63. The average molecular weight is 254 g/mol. The van der Waals surface area contributed by atoms with E-state index in [9.17, 15) is 5.11 Å². The molecule has 1 saturated heterocycles. The van der Waals surface area contributed by atoms with E-state index in [1.807, 2.05) is 60.7 Å². The van der Waals surface area contributed by atoms with Crippen LogP contribution in [0.3, 0.4) is 0 Å². The van der Waals surface area contributed by atoms with Gasteiger partial charge in [-0.3, -0.25) is 10.9 Å². The van der Waals surface area contributed by atoms with Crippen LogP contribution in [0, 0.1) is 0 Å². The first kappa shape index (κ1) is 12.4. The lowest BCUT2D eigenvalue weighted by molar-refractivity contribution is 0.0423. The number of hydrogen-bond acceptors (Lipinski definition) is 3. The van der Waals surface area contributed by atoms with Crippen LogP contribution in [0.25, 0.3) is 0 Å². The first-order chi connectivity index (χ1) is 9.32. The number of rotatable bonds is 3. The minimum absolute atomic E-state index is 0.0303. The molecule has 1 heterocycles. The Labute approximate surface area is 113 Å². The molecule has 1 unspecified atom stereocenters. The van der Waals surface area contributed by atoms with Gasteiger partial charge in [-0.05, 0) is 17.5 Å².